The topological polar surface area (TPSA) is 56.7 Å². The first-order chi connectivity index (χ1) is 18.7. The third-order valence-electron chi connectivity index (χ3n) is 7.05. The maximum atomic E-state index is 13.7. The summed E-state index contributed by atoms with van der Waals surface area (Å²) in [7, 11) is 0. The number of imidazole rings is 1. The van der Waals surface area contributed by atoms with E-state index >= 15 is 0 Å². The summed E-state index contributed by atoms with van der Waals surface area (Å²) in [5, 5.41) is 2.27. The molecule has 1 aliphatic heterocycles. The highest BCUT2D eigenvalue weighted by Gasteiger charge is 2.24. The molecule has 0 radical (unpaired) electrons. The second-order valence-corrected chi connectivity index (χ2v) is 9.48. The average Bonchev–Trinajstić information content (AvgIpc) is 3.60. The van der Waals surface area contributed by atoms with Gasteiger partial charge in [-0.25, -0.2) is 9.83 Å². The number of hydrogen-bond acceptors (Lipinski definition) is 3. The number of carbonyl (C=O) groups excluding carboxylic acids is 1. The van der Waals surface area contributed by atoms with Crippen LogP contribution in [0.3, 0.4) is 0 Å². The molecule has 7 nitrogen and oxygen atoms in total. The highest BCUT2D eigenvalue weighted by atomic mass is 16.5. The van der Waals surface area contributed by atoms with Crippen molar-refractivity contribution in [1.82, 2.24) is 19.0 Å². The number of morpholine rings is 1. The van der Waals surface area contributed by atoms with Crippen LogP contribution in [0.4, 0.5) is 5.69 Å². The van der Waals surface area contributed by atoms with E-state index in [-0.39, 0.29) is 5.91 Å². The lowest BCUT2D eigenvalue weighted by atomic mass is 9.97. The van der Waals surface area contributed by atoms with E-state index in [0.717, 1.165) is 33.2 Å². The smallest absolute Gasteiger partial charge is 0.256 e. The quantitative estimate of drug-likeness (QED) is 0.284. The Bertz CT molecular complexity index is 1630. The third-order valence-corrected chi connectivity index (χ3v) is 7.05. The van der Waals surface area contributed by atoms with E-state index < -0.39 is 0 Å². The van der Waals surface area contributed by atoms with Crippen LogP contribution < -0.4 is 0 Å². The molecule has 5 aromatic rings. The number of rotatable bonds is 6. The zero-order chi connectivity index (χ0) is 25.9. The van der Waals surface area contributed by atoms with Gasteiger partial charge in [0.2, 0.25) is 0 Å². The molecular weight excluding hydrogens is 474 g/mol. The van der Waals surface area contributed by atoms with E-state index in [0.29, 0.717) is 50.6 Å². The average molecular weight is 502 g/mol. The van der Waals surface area contributed by atoms with E-state index in [2.05, 4.69) is 49.4 Å². The SMILES string of the molecule is [C-]#[N+]c1ccc(Cn2cncc2Cn2cc(C(=O)N3CCOCC3)c(-c3cccc4ccccc34)c2)cc1. The van der Waals surface area contributed by atoms with Gasteiger partial charge in [-0.2, -0.15) is 0 Å². The van der Waals surface area contributed by atoms with Crippen molar-refractivity contribution in [3.05, 3.63) is 120 Å². The first kappa shape index (κ1) is 23.7. The number of fused-ring (bicyclic) bond motifs is 1. The van der Waals surface area contributed by atoms with Crippen molar-refractivity contribution >= 4 is 22.4 Å². The lowest BCUT2D eigenvalue weighted by Crippen LogP contribution is -2.40. The van der Waals surface area contributed by atoms with Crippen LogP contribution in [0, 0.1) is 6.57 Å². The first-order valence-electron chi connectivity index (χ1n) is 12.7. The molecule has 0 spiro atoms. The largest absolute Gasteiger partial charge is 0.378 e. The number of nitrogens with zero attached hydrogens (tertiary/aromatic N) is 5. The second kappa shape index (κ2) is 10.4. The summed E-state index contributed by atoms with van der Waals surface area (Å²) >= 11 is 0. The number of carbonyl (C=O) groups is 1. The third kappa shape index (κ3) is 4.70. The van der Waals surface area contributed by atoms with Crippen LogP contribution in [0.25, 0.3) is 26.7 Å². The van der Waals surface area contributed by atoms with E-state index in [1.807, 2.05) is 66.1 Å². The molecule has 3 aromatic carbocycles. The molecule has 0 saturated carbocycles. The minimum atomic E-state index is 0.0309. The van der Waals surface area contributed by atoms with Crippen molar-refractivity contribution < 1.29 is 9.53 Å². The molecule has 7 heteroatoms. The summed E-state index contributed by atoms with van der Waals surface area (Å²) in [5.74, 6) is 0.0309. The van der Waals surface area contributed by atoms with Gasteiger partial charge in [0.1, 0.15) is 0 Å². The standard InChI is InChI=1S/C31H27N5O2/c1-32-25-11-9-23(10-12-25)18-36-22-33-17-26(36)19-34-20-29(28-8-4-6-24-5-2-3-7-27(24)28)30(21-34)31(37)35-13-15-38-16-14-35/h2-12,17,20-22H,13-16,18-19H2. The molecule has 188 valence electrons. The highest BCUT2D eigenvalue weighted by molar-refractivity contribution is 6.06. The molecule has 1 saturated heterocycles. The van der Waals surface area contributed by atoms with Gasteiger partial charge in [-0.15, -0.1) is 0 Å². The summed E-state index contributed by atoms with van der Waals surface area (Å²) in [6.07, 6.45) is 7.75. The van der Waals surface area contributed by atoms with Crippen molar-refractivity contribution in [2.45, 2.75) is 13.1 Å². The number of hydrogen-bond donors (Lipinski definition) is 0. The molecule has 6 rings (SSSR count). The van der Waals surface area contributed by atoms with E-state index in [1.165, 1.54) is 0 Å². The Labute approximate surface area is 221 Å². The number of amides is 1. The number of aromatic nitrogens is 3. The van der Waals surface area contributed by atoms with Crippen LogP contribution in [-0.4, -0.2) is 51.2 Å². The fraction of sp³-hybridized carbons (Fsp3) is 0.194. The van der Waals surface area contributed by atoms with E-state index in [9.17, 15) is 4.79 Å². The van der Waals surface area contributed by atoms with Crippen LogP contribution in [0.1, 0.15) is 21.6 Å². The fourth-order valence-electron chi connectivity index (χ4n) is 5.06. The molecule has 0 unspecified atom stereocenters. The van der Waals surface area contributed by atoms with Crippen molar-refractivity contribution in [3.63, 3.8) is 0 Å². The van der Waals surface area contributed by atoms with E-state index in [1.54, 1.807) is 0 Å². The van der Waals surface area contributed by atoms with Crippen LogP contribution >= 0.6 is 0 Å². The molecular formula is C31H27N5O2. The Morgan fingerprint density at radius 1 is 0.921 bits per heavy atom. The van der Waals surface area contributed by atoms with E-state index in [4.69, 9.17) is 11.3 Å². The molecule has 1 amide bonds. The van der Waals surface area contributed by atoms with Crippen LogP contribution in [0.2, 0.25) is 0 Å². The Morgan fingerprint density at radius 2 is 1.71 bits per heavy atom. The summed E-state index contributed by atoms with van der Waals surface area (Å²) in [4.78, 5) is 23.5. The maximum Gasteiger partial charge on any atom is 0.256 e. The molecule has 0 N–H and O–H groups in total. The molecule has 0 aliphatic carbocycles. The normalized spacial score (nSPS) is 13.5. The lowest BCUT2D eigenvalue weighted by Gasteiger charge is -2.27. The Balaban J connectivity index is 1.36. The van der Waals surface area contributed by atoms with Gasteiger partial charge in [-0.1, -0.05) is 66.7 Å². The Kier molecular flexibility index (Phi) is 6.47. The predicted molar refractivity (Wildman–Crippen MR) is 147 cm³/mol. The zero-order valence-corrected chi connectivity index (χ0v) is 21.0. The van der Waals surface area contributed by atoms with Crippen molar-refractivity contribution in [3.8, 4) is 11.1 Å². The first-order valence-corrected chi connectivity index (χ1v) is 12.7. The van der Waals surface area contributed by atoms with Crippen molar-refractivity contribution in [1.29, 1.82) is 0 Å². The molecule has 38 heavy (non-hydrogen) atoms. The summed E-state index contributed by atoms with van der Waals surface area (Å²) in [6, 6.07) is 22.2. The van der Waals surface area contributed by atoms with Crippen molar-refractivity contribution in [2.24, 2.45) is 0 Å². The fourth-order valence-corrected chi connectivity index (χ4v) is 5.06. The minimum absolute atomic E-state index is 0.0309. The Morgan fingerprint density at radius 3 is 2.53 bits per heavy atom. The molecule has 3 heterocycles. The van der Waals surface area contributed by atoms with Crippen LogP contribution in [0.15, 0.2) is 91.6 Å². The maximum absolute atomic E-state index is 13.7. The van der Waals surface area contributed by atoms with Crippen LogP contribution in [0.5, 0.6) is 0 Å². The van der Waals surface area contributed by atoms with Crippen molar-refractivity contribution in [2.75, 3.05) is 26.3 Å². The lowest BCUT2D eigenvalue weighted by molar-refractivity contribution is 0.0303. The summed E-state index contributed by atoms with van der Waals surface area (Å²) < 4.78 is 9.67. The summed E-state index contributed by atoms with van der Waals surface area (Å²) in [6.45, 7) is 10.7. The monoisotopic (exact) mass is 501 g/mol. The van der Waals surface area contributed by atoms with Crippen LogP contribution in [-0.2, 0) is 17.8 Å². The molecule has 1 fully saturated rings. The molecule has 2 aromatic heterocycles. The highest BCUT2D eigenvalue weighted by Crippen LogP contribution is 2.33. The van der Waals surface area contributed by atoms with Gasteiger partial charge in [0.25, 0.3) is 5.91 Å². The molecule has 0 atom stereocenters. The predicted octanol–water partition coefficient (Wildman–Crippen LogP) is 5.62. The minimum Gasteiger partial charge on any atom is -0.378 e. The van der Waals surface area contributed by atoms with Gasteiger partial charge in [0.15, 0.2) is 5.69 Å². The van der Waals surface area contributed by atoms with Gasteiger partial charge in [-0.05, 0) is 21.9 Å². The molecule has 1 aliphatic rings. The Hall–Kier alpha value is -4.67. The second-order valence-electron chi connectivity index (χ2n) is 9.48. The van der Waals surface area contributed by atoms with Gasteiger partial charge in [-0.3, -0.25) is 4.79 Å². The zero-order valence-electron chi connectivity index (χ0n) is 21.0. The van der Waals surface area contributed by atoms with Gasteiger partial charge in [0.05, 0.1) is 43.9 Å². The number of ether oxygens (including phenoxy) is 1. The number of benzene rings is 3. The van der Waals surface area contributed by atoms with Gasteiger partial charge in [0, 0.05) is 43.8 Å². The van der Waals surface area contributed by atoms with Gasteiger partial charge < -0.3 is 18.8 Å². The molecule has 0 bridgehead atoms. The summed E-state index contributed by atoms with van der Waals surface area (Å²) in [5.41, 5.74) is 5.44. The van der Waals surface area contributed by atoms with Gasteiger partial charge >= 0.3 is 0 Å².